The number of carbonyl (C=O) groups excluding carboxylic acids is 3. The fourth-order valence-corrected chi connectivity index (χ4v) is 5.31. The lowest BCUT2D eigenvalue weighted by Gasteiger charge is -2.44. The molecule has 0 bridgehead atoms. The number of ether oxygens (including phenoxy) is 3. The monoisotopic (exact) mass is 604 g/mol. The van der Waals surface area contributed by atoms with Gasteiger partial charge in [0.25, 0.3) is 0 Å². The fourth-order valence-electron chi connectivity index (χ4n) is 5.31. The van der Waals surface area contributed by atoms with Crippen molar-refractivity contribution in [1.29, 1.82) is 0 Å². The molecule has 10 heteroatoms. The highest BCUT2D eigenvalue weighted by Crippen LogP contribution is 2.29. The number of hydrogen-bond donors (Lipinski definition) is 1. The molecular weight excluding hydrogens is 552 g/mol. The SMILES string of the molecule is CC(C)(C)OC(=O)CN(CC(=O)OC(C)(C)C)[C@H]1CCCC[C@@H]1N(CC(=O)OC(C)(C)C)Cc1ccc(CC(=O)O)cc1. The standard InChI is InChI=1S/C33H52N2O8/c1-31(2,3)41-28(38)20-34(19-24-16-14-23(15-17-24)18-27(36)37)25-12-10-11-13-26(25)35(21-29(39)42-32(4,5)6)22-30(40)43-33(7,8)9/h14-17,25-26H,10-13,18-22H2,1-9H3,(H,36,37)/t25-,26-/m0/s1. The third kappa shape index (κ3) is 14.4. The van der Waals surface area contributed by atoms with Crippen LogP contribution < -0.4 is 0 Å². The molecule has 1 N–H and O–H groups in total. The Hall–Kier alpha value is -2.98. The Morgan fingerprint density at radius 3 is 1.37 bits per heavy atom. The molecule has 1 aromatic rings. The maximum absolute atomic E-state index is 13.1. The van der Waals surface area contributed by atoms with Gasteiger partial charge in [0.2, 0.25) is 0 Å². The summed E-state index contributed by atoms with van der Waals surface area (Å²) in [4.78, 5) is 54.3. The van der Waals surface area contributed by atoms with E-state index in [1.165, 1.54) is 0 Å². The van der Waals surface area contributed by atoms with Gasteiger partial charge in [0, 0.05) is 18.6 Å². The summed E-state index contributed by atoms with van der Waals surface area (Å²) in [6, 6.07) is 6.90. The highest BCUT2D eigenvalue weighted by Gasteiger charge is 2.38. The zero-order chi connectivity index (χ0) is 32.6. The minimum absolute atomic E-state index is 0.0159. The third-order valence-electron chi connectivity index (χ3n) is 6.65. The molecule has 10 nitrogen and oxygen atoms in total. The van der Waals surface area contributed by atoms with Gasteiger partial charge >= 0.3 is 23.9 Å². The van der Waals surface area contributed by atoms with Crippen LogP contribution in [0.3, 0.4) is 0 Å². The van der Waals surface area contributed by atoms with E-state index < -0.39 is 34.7 Å². The van der Waals surface area contributed by atoms with Crippen molar-refractivity contribution in [2.75, 3.05) is 19.6 Å². The Kier molecular flexibility index (Phi) is 12.8. The zero-order valence-corrected chi connectivity index (χ0v) is 27.5. The van der Waals surface area contributed by atoms with Crippen molar-refractivity contribution in [3.8, 4) is 0 Å². The third-order valence-corrected chi connectivity index (χ3v) is 6.65. The summed E-state index contributed by atoms with van der Waals surface area (Å²) in [5, 5.41) is 9.14. The molecule has 43 heavy (non-hydrogen) atoms. The van der Waals surface area contributed by atoms with Gasteiger partial charge in [-0.25, -0.2) is 0 Å². The Bertz CT molecular complexity index is 1070. The molecule has 0 amide bonds. The van der Waals surface area contributed by atoms with Crippen LogP contribution in [0.25, 0.3) is 0 Å². The van der Waals surface area contributed by atoms with Gasteiger partial charge in [0.1, 0.15) is 16.8 Å². The average molecular weight is 605 g/mol. The average Bonchev–Trinajstić information content (AvgIpc) is 2.80. The largest absolute Gasteiger partial charge is 0.481 e. The van der Waals surface area contributed by atoms with Crippen LogP contribution in [0.2, 0.25) is 0 Å². The van der Waals surface area contributed by atoms with E-state index in [-0.39, 0.29) is 44.1 Å². The maximum Gasteiger partial charge on any atom is 0.320 e. The van der Waals surface area contributed by atoms with Crippen molar-refractivity contribution in [2.45, 2.75) is 130 Å². The van der Waals surface area contributed by atoms with Crippen molar-refractivity contribution >= 4 is 23.9 Å². The van der Waals surface area contributed by atoms with E-state index in [0.29, 0.717) is 12.1 Å². The molecule has 2 rings (SSSR count). The first kappa shape index (κ1) is 36.2. The summed E-state index contributed by atoms with van der Waals surface area (Å²) in [5.74, 6) is -2.15. The number of esters is 3. The van der Waals surface area contributed by atoms with Gasteiger partial charge in [-0.05, 0) is 86.3 Å². The Balaban J connectivity index is 2.44. The van der Waals surface area contributed by atoms with Gasteiger partial charge in [-0.3, -0.25) is 29.0 Å². The molecule has 0 unspecified atom stereocenters. The normalized spacial score (nSPS) is 17.9. The van der Waals surface area contributed by atoms with E-state index in [2.05, 4.69) is 4.90 Å². The Morgan fingerprint density at radius 2 is 1.00 bits per heavy atom. The molecule has 1 aliphatic rings. The molecule has 1 aliphatic carbocycles. The van der Waals surface area contributed by atoms with Gasteiger partial charge in [-0.15, -0.1) is 0 Å². The second-order valence-electron chi connectivity index (χ2n) is 14.4. The van der Waals surface area contributed by atoms with E-state index in [1.807, 2.05) is 37.8 Å². The number of carboxylic acids is 1. The highest BCUT2D eigenvalue weighted by molar-refractivity contribution is 5.76. The van der Waals surface area contributed by atoms with E-state index in [9.17, 15) is 19.2 Å². The van der Waals surface area contributed by atoms with Gasteiger partial charge < -0.3 is 19.3 Å². The topological polar surface area (TPSA) is 123 Å². The first-order chi connectivity index (χ1) is 19.7. The van der Waals surface area contributed by atoms with Crippen molar-refractivity contribution in [3.63, 3.8) is 0 Å². The number of hydrogen-bond acceptors (Lipinski definition) is 9. The highest BCUT2D eigenvalue weighted by atomic mass is 16.6. The van der Waals surface area contributed by atoms with Gasteiger partial charge in [-0.1, -0.05) is 37.1 Å². The number of benzene rings is 1. The van der Waals surface area contributed by atoms with Gasteiger partial charge in [0.05, 0.1) is 26.1 Å². The van der Waals surface area contributed by atoms with Gasteiger partial charge in [0.15, 0.2) is 0 Å². The van der Waals surface area contributed by atoms with Crippen LogP contribution in [0.15, 0.2) is 24.3 Å². The Morgan fingerprint density at radius 1 is 0.651 bits per heavy atom. The molecule has 1 aromatic carbocycles. The molecule has 0 heterocycles. The number of rotatable bonds is 12. The number of aliphatic carboxylic acids is 1. The predicted octanol–water partition coefficient (Wildman–Crippen LogP) is 4.75. The summed E-state index contributed by atoms with van der Waals surface area (Å²) in [5.41, 5.74) is -0.432. The minimum Gasteiger partial charge on any atom is -0.481 e. The van der Waals surface area contributed by atoms with Crippen LogP contribution in [-0.2, 0) is 46.4 Å². The summed E-state index contributed by atoms with van der Waals surface area (Å²) in [6.07, 6.45) is 3.24. The van der Waals surface area contributed by atoms with Crippen LogP contribution in [0.1, 0.15) is 99.1 Å². The first-order valence-electron chi connectivity index (χ1n) is 15.1. The molecule has 242 valence electrons. The molecule has 1 fully saturated rings. The molecule has 2 atom stereocenters. The molecule has 0 radical (unpaired) electrons. The molecule has 0 saturated heterocycles. The van der Waals surface area contributed by atoms with Crippen molar-refractivity contribution in [1.82, 2.24) is 9.80 Å². The lowest BCUT2D eigenvalue weighted by atomic mass is 9.87. The Labute approximate surface area is 257 Å². The number of nitrogens with zero attached hydrogens (tertiary/aromatic N) is 2. The smallest absolute Gasteiger partial charge is 0.320 e. The molecule has 1 saturated carbocycles. The number of carboxylic acid groups (broad SMARTS) is 1. The quantitative estimate of drug-likeness (QED) is 0.264. The van der Waals surface area contributed by atoms with Crippen LogP contribution in [-0.4, -0.2) is 87.3 Å². The number of carbonyl (C=O) groups is 4. The summed E-state index contributed by atoms with van der Waals surface area (Å²) in [7, 11) is 0. The molecule has 0 aromatic heterocycles. The van der Waals surface area contributed by atoms with Crippen LogP contribution >= 0.6 is 0 Å². The van der Waals surface area contributed by atoms with E-state index in [4.69, 9.17) is 19.3 Å². The summed E-state index contributed by atoms with van der Waals surface area (Å²) >= 11 is 0. The fraction of sp³-hybridized carbons (Fsp3) is 0.697. The molecule has 0 aliphatic heterocycles. The zero-order valence-electron chi connectivity index (χ0n) is 27.5. The second kappa shape index (κ2) is 15.1. The van der Waals surface area contributed by atoms with Crippen molar-refractivity contribution < 1.29 is 38.5 Å². The molecule has 0 spiro atoms. The maximum atomic E-state index is 13.1. The van der Waals surface area contributed by atoms with Crippen LogP contribution in [0.5, 0.6) is 0 Å². The van der Waals surface area contributed by atoms with Crippen molar-refractivity contribution in [2.24, 2.45) is 0 Å². The van der Waals surface area contributed by atoms with Crippen LogP contribution in [0.4, 0.5) is 0 Å². The van der Waals surface area contributed by atoms with E-state index >= 15 is 0 Å². The molecular formula is C33H52N2O8. The first-order valence-corrected chi connectivity index (χ1v) is 15.1. The van der Waals surface area contributed by atoms with E-state index in [1.54, 1.807) is 53.7 Å². The van der Waals surface area contributed by atoms with Crippen molar-refractivity contribution in [3.05, 3.63) is 35.4 Å². The van der Waals surface area contributed by atoms with Crippen LogP contribution in [0, 0.1) is 0 Å². The summed E-state index contributed by atoms with van der Waals surface area (Å²) in [6.45, 7) is 16.5. The summed E-state index contributed by atoms with van der Waals surface area (Å²) < 4.78 is 16.9. The van der Waals surface area contributed by atoms with E-state index in [0.717, 1.165) is 31.2 Å². The predicted molar refractivity (Wildman–Crippen MR) is 163 cm³/mol. The second-order valence-corrected chi connectivity index (χ2v) is 14.4. The lowest BCUT2D eigenvalue weighted by molar-refractivity contribution is -0.164. The minimum atomic E-state index is -0.903. The lowest BCUT2D eigenvalue weighted by Crippen LogP contribution is -2.57. The van der Waals surface area contributed by atoms with Gasteiger partial charge in [-0.2, -0.15) is 0 Å².